The van der Waals surface area contributed by atoms with E-state index in [0.29, 0.717) is 10.6 Å². The van der Waals surface area contributed by atoms with Crippen molar-refractivity contribution in [3.8, 4) is 0 Å². The molecular formula is C15H9ClF3NO. The van der Waals surface area contributed by atoms with Gasteiger partial charge in [0.25, 0.3) is 0 Å². The van der Waals surface area contributed by atoms with E-state index in [1.54, 1.807) is 24.3 Å². The first-order chi connectivity index (χ1) is 9.97. The molecule has 0 aliphatic rings. The molecule has 2 N–H and O–H groups in total. The van der Waals surface area contributed by atoms with E-state index in [1.807, 2.05) is 0 Å². The molecule has 0 aliphatic heterocycles. The monoisotopic (exact) mass is 311 g/mol. The predicted octanol–water partition coefficient (Wildman–Crippen LogP) is 4.55. The Hall–Kier alpha value is -1.98. The van der Waals surface area contributed by atoms with Crippen LogP contribution in [0.2, 0.25) is 5.02 Å². The van der Waals surface area contributed by atoms with E-state index in [0.717, 1.165) is 17.5 Å². The van der Waals surface area contributed by atoms with Crippen LogP contribution in [0, 0.1) is 17.5 Å². The molecule has 0 saturated carbocycles. The Balaban J connectivity index is 2.08. The standard InChI is InChI=1S/C15H9ClF3NO/c16-9-3-1-2-7-6-12(21-15(7)9)14(20)8-4-10(17)13(19)11(18)5-8/h1-6,14H,20H2. The summed E-state index contributed by atoms with van der Waals surface area (Å²) in [5.74, 6) is -3.84. The molecule has 0 aliphatic carbocycles. The molecule has 3 rings (SSSR count). The number of fused-ring (bicyclic) bond motifs is 1. The molecular weight excluding hydrogens is 303 g/mol. The van der Waals surface area contributed by atoms with Crippen LogP contribution in [0.1, 0.15) is 17.4 Å². The number of halogens is 4. The molecule has 1 unspecified atom stereocenters. The van der Waals surface area contributed by atoms with Gasteiger partial charge in [-0.3, -0.25) is 0 Å². The van der Waals surface area contributed by atoms with Gasteiger partial charge in [0.2, 0.25) is 0 Å². The van der Waals surface area contributed by atoms with Crippen LogP contribution in [0.3, 0.4) is 0 Å². The van der Waals surface area contributed by atoms with Gasteiger partial charge in [-0.1, -0.05) is 23.7 Å². The van der Waals surface area contributed by atoms with Gasteiger partial charge in [-0.25, -0.2) is 13.2 Å². The molecule has 1 heterocycles. The second-order valence-corrected chi connectivity index (χ2v) is 4.99. The molecule has 21 heavy (non-hydrogen) atoms. The zero-order chi connectivity index (χ0) is 15.1. The summed E-state index contributed by atoms with van der Waals surface area (Å²) in [4.78, 5) is 0. The molecule has 0 amide bonds. The zero-order valence-corrected chi connectivity index (χ0v) is 11.3. The van der Waals surface area contributed by atoms with Crippen molar-refractivity contribution in [1.82, 2.24) is 0 Å². The number of furan rings is 1. The summed E-state index contributed by atoms with van der Waals surface area (Å²) in [5.41, 5.74) is 6.43. The summed E-state index contributed by atoms with van der Waals surface area (Å²) < 4.78 is 45.0. The van der Waals surface area contributed by atoms with Gasteiger partial charge in [-0.05, 0) is 29.8 Å². The topological polar surface area (TPSA) is 39.2 Å². The van der Waals surface area contributed by atoms with Gasteiger partial charge in [0.1, 0.15) is 5.76 Å². The lowest BCUT2D eigenvalue weighted by molar-refractivity contribution is 0.442. The van der Waals surface area contributed by atoms with Crippen LogP contribution in [0.25, 0.3) is 11.0 Å². The van der Waals surface area contributed by atoms with Gasteiger partial charge < -0.3 is 10.2 Å². The summed E-state index contributed by atoms with van der Waals surface area (Å²) in [6.45, 7) is 0. The van der Waals surface area contributed by atoms with Crippen LogP contribution in [0.15, 0.2) is 40.8 Å². The summed E-state index contributed by atoms with van der Waals surface area (Å²) in [6.07, 6.45) is 0. The Labute approximate surface area is 122 Å². The number of hydrogen-bond acceptors (Lipinski definition) is 2. The second-order valence-electron chi connectivity index (χ2n) is 4.58. The first-order valence-electron chi connectivity index (χ1n) is 6.05. The van der Waals surface area contributed by atoms with E-state index >= 15 is 0 Å². The highest BCUT2D eigenvalue weighted by atomic mass is 35.5. The molecule has 108 valence electrons. The van der Waals surface area contributed by atoms with E-state index in [-0.39, 0.29) is 11.3 Å². The van der Waals surface area contributed by atoms with Crippen molar-refractivity contribution in [1.29, 1.82) is 0 Å². The lowest BCUT2D eigenvalue weighted by atomic mass is 10.0. The van der Waals surface area contributed by atoms with Crippen LogP contribution in [0.4, 0.5) is 13.2 Å². The molecule has 1 aromatic heterocycles. The van der Waals surface area contributed by atoms with E-state index in [4.69, 9.17) is 21.8 Å². The molecule has 0 saturated heterocycles. The third-order valence-electron chi connectivity index (χ3n) is 3.19. The molecule has 0 fully saturated rings. The quantitative estimate of drug-likeness (QED) is 0.705. The first kappa shape index (κ1) is 14.0. The Morgan fingerprint density at radius 3 is 2.33 bits per heavy atom. The van der Waals surface area contributed by atoms with Crippen LogP contribution in [-0.2, 0) is 0 Å². The molecule has 0 bridgehead atoms. The minimum atomic E-state index is -1.53. The first-order valence-corrected chi connectivity index (χ1v) is 6.43. The zero-order valence-electron chi connectivity index (χ0n) is 10.5. The molecule has 1 atom stereocenters. The van der Waals surface area contributed by atoms with Crippen molar-refractivity contribution in [2.45, 2.75) is 6.04 Å². The van der Waals surface area contributed by atoms with Crippen molar-refractivity contribution in [3.05, 3.63) is 70.2 Å². The number of hydrogen-bond donors (Lipinski definition) is 1. The fourth-order valence-electron chi connectivity index (χ4n) is 2.12. The molecule has 6 heteroatoms. The Morgan fingerprint density at radius 1 is 1.05 bits per heavy atom. The van der Waals surface area contributed by atoms with Gasteiger partial charge >= 0.3 is 0 Å². The Bertz CT molecular complexity index is 808. The van der Waals surface area contributed by atoms with Crippen molar-refractivity contribution < 1.29 is 17.6 Å². The highest BCUT2D eigenvalue weighted by Gasteiger charge is 2.19. The van der Waals surface area contributed by atoms with E-state index in [9.17, 15) is 13.2 Å². The lowest BCUT2D eigenvalue weighted by Crippen LogP contribution is -2.12. The summed E-state index contributed by atoms with van der Waals surface area (Å²) in [7, 11) is 0. The van der Waals surface area contributed by atoms with Gasteiger partial charge in [0.15, 0.2) is 23.0 Å². The molecule has 2 aromatic carbocycles. The maximum absolute atomic E-state index is 13.3. The average molecular weight is 312 g/mol. The predicted molar refractivity (Wildman–Crippen MR) is 73.6 cm³/mol. The fourth-order valence-corrected chi connectivity index (χ4v) is 2.34. The largest absolute Gasteiger partial charge is 0.457 e. The van der Waals surface area contributed by atoms with Crippen molar-refractivity contribution in [2.75, 3.05) is 0 Å². The SMILES string of the molecule is NC(c1cc(F)c(F)c(F)c1)c1cc2cccc(Cl)c2o1. The van der Waals surface area contributed by atoms with Crippen LogP contribution >= 0.6 is 11.6 Å². The van der Waals surface area contributed by atoms with Gasteiger partial charge in [-0.15, -0.1) is 0 Å². The number of nitrogens with two attached hydrogens (primary N) is 1. The summed E-state index contributed by atoms with van der Waals surface area (Å²) >= 11 is 5.99. The summed E-state index contributed by atoms with van der Waals surface area (Å²) in [5, 5.41) is 1.12. The highest BCUT2D eigenvalue weighted by Crippen LogP contribution is 2.31. The third kappa shape index (κ3) is 2.39. The minimum absolute atomic E-state index is 0.0709. The summed E-state index contributed by atoms with van der Waals surface area (Å²) in [6, 6.07) is 7.55. The Kier molecular flexibility index (Phi) is 3.39. The van der Waals surface area contributed by atoms with Crippen LogP contribution in [0.5, 0.6) is 0 Å². The van der Waals surface area contributed by atoms with Gasteiger partial charge in [-0.2, -0.15) is 0 Å². The number of benzene rings is 2. The normalized spacial score (nSPS) is 12.8. The highest BCUT2D eigenvalue weighted by molar-refractivity contribution is 6.34. The number of rotatable bonds is 2. The third-order valence-corrected chi connectivity index (χ3v) is 3.48. The van der Waals surface area contributed by atoms with Gasteiger partial charge in [0, 0.05) is 5.39 Å². The van der Waals surface area contributed by atoms with E-state index < -0.39 is 23.5 Å². The molecule has 3 aromatic rings. The fraction of sp³-hybridized carbons (Fsp3) is 0.0667. The van der Waals surface area contributed by atoms with Crippen molar-refractivity contribution in [2.24, 2.45) is 5.73 Å². The van der Waals surface area contributed by atoms with E-state index in [2.05, 4.69) is 0 Å². The Morgan fingerprint density at radius 2 is 1.71 bits per heavy atom. The van der Waals surface area contributed by atoms with Gasteiger partial charge in [0.05, 0.1) is 11.1 Å². The smallest absolute Gasteiger partial charge is 0.194 e. The number of para-hydroxylation sites is 1. The lowest BCUT2D eigenvalue weighted by Gasteiger charge is -2.09. The molecule has 2 nitrogen and oxygen atoms in total. The van der Waals surface area contributed by atoms with Crippen LogP contribution in [-0.4, -0.2) is 0 Å². The maximum atomic E-state index is 13.3. The minimum Gasteiger partial charge on any atom is -0.457 e. The van der Waals surface area contributed by atoms with Crippen molar-refractivity contribution >= 4 is 22.6 Å². The molecule has 0 spiro atoms. The van der Waals surface area contributed by atoms with Crippen LogP contribution < -0.4 is 5.73 Å². The molecule has 0 radical (unpaired) electrons. The second kappa shape index (κ2) is 5.09. The maximum Gasteiger partial charge on any atom is 0.194 e. The van der Waals surface area contributed by atoms with E-state index in [1.165, 1.54) is 0 Å². The van der Waals surface area contributed by atoms with Crippen molar-refractivity contribution in [3.63, 3.8) is 0 Å². The average Bonchev–Trinajstić information content (AvgIpc) is 2.89.